The molecule has 1 atom stereocenters. The Morgan fingerprint density at radius 2 is 1.87 bits per heavy atom. The number of anilines is 1. The molecular formula is C30H39N5O3. The van der Waals surface area contributed by atoms with Crippen LogP contribution < -0.4 is 10.6 Å². The number of likely N-dealkylation sites (tertiary alicyclic amines) is 1. The molecule has 38 heavy (non-hydrogen) atoms. The lowest BCUT2D eigenvalue weighted by molar-refractivity contribution is -0.121. The van der Waals surface area contributed by atoms with Gasteiger partial charge in [-0.25, -0.2) is 0 Å². The van der Waals surface area contributed by atoms with Crippen LogP contribution in [-0.4, -0.2) is 46.5 Å². The maximum Gasteiger partial charge on any atom is 0.253 e. The van der Waals surface area contributed by atoms with Gasteiger partial charge < -0.3 is 15.2 Å². The van der Waals surface area contributed by atoms with Crippen molar-refractivity contribution in [1.29, 1.82) is 0 Å². The highest BCUT2D eigenvalue weighted by molar-refractivity contribution is 6.04. The first kappa shape index (κ1) is 27.5. The SMILES string of the molecule is CCCCNC(=O)c1ccccc1NC(=O)C1CCCN(Cc2nc(-c3ccc(C(C)(C)C)cc3)no2)C1. The molecule has 2 amide bonds. The number of hydrogen-bond acceptors (Lipinski definition) is 6. The highest BCUT2D eigenvalue weighted by atomic mass is 16.5. The van der Waals surface area contributed by atoms with Gasteiger partial charge in [-0.05, 0) is 48.9 Å². The maximum absolute atomic E-state index is 13.2. The molecule has 3 aromatic rings. The first-order valence-electron chi connectivity index (χ1n) is 13.6. The summed E-state index contributed by atoms with van der Waals surface area (Å²) in [5.41, 5.74) is 3.28. The maximum atomic E-state index is 13.2. The monoisotopic (exact) mass is 517 g/mol. The van der Waals surface area contributed by atoms with E-state index in [1.165, 1.54) is 5.56 Å². The molecule has 0 radical (unpaired) electrons. The number of rotatable bonds is 9. The Labute approximate surface area is 225 Å². The lowest BCUT2D eigenvalue weighted by atomic mass is 9.87. The average molecular weight is 518 g/mol. The van der Waals surface area contributed by atoms with Crippen molar-refractivity contribution in [3.8, 4) is 11.4 Å². The number of nitrogens with zero attached hydrogens (tertiary/aromatic N) is 3. The summed E-state index contributed by atoms with van der Waals surface area (Å²) in [6, 6.07) is 15.4. The molecule has 1 aromatic heterocycles. The van der Waals surface area contributed by atoms with Gasteiger partial charge in [-0.1, -0.05) is 75.7 Å². The summed E-state index contributed by atoms with van der Waals surface area (Å²) >= 11 is 0. The average Bonchev–Trinajstić information content (AvgIpc) is 3.37. The van der Waals surface area contributed by atoms with E-state index in [0.717, 1.165) is 37.8 Å². The number of carbonyl (C=O) groups excluding carboxylic acids is 2. The molecular weight excluding hydrogens is 478 g/mol. The number of para-hydroxylation sites is 1. The molecule has 0 spiro atoms. The van der Waals surface area contributed by atoms with Crippen molar-refractivity contribution >= 4 is 17.5 Å². The fourth-order valence-electron chi connectivity index (χ4n) is 4.66. The molecule has 8 nitrogen and oxygen atoms in total. The molecule has 4 rings (SSSR count). The summed E-state index contributed by atoms with van der Waals surface area (Å²) in [7, 11) is 0. The Balaban J connectivity index is 1.35. The fraction of sp³-hybridized carbons (Fsp3) is 0.467. The Bertz CT molecular complexity index is 1230. The third kappa shape index (κ3) is 7.07. The number of hydrogen-bond donors (Lipinski definition) is 2. The van der Waals surface area contributed by atoms with E-state index in [0.29, 0.717) is 42.6 Å². The molecule has 0 aliphatic carbocycles. The van der Waals surface area contributed by atoms with Crippen LogP contribution in [0.1, 0.15) is 75.2 Å². The molecule has 1 aliphatic heterocycles. The van der Waals surface area contributed by atoms with Crippen LogP contribution in [0.5, 0.6) is 0 Å². The highest BCUT2D eigenvalue weighted by Gasteiger charge is 2.28. The van der Waals surface area contributed by atoms with Gasteiger partial charge in [-0.3, -0.25) is 14.5 Å². The van der Waals surface area contributed by atoms with E-state index in [-0.39, 0.29) is 23.1 Å². The number of carbonyl (C=O) groups is 2. The van der Waals surface area contributed by atoms with E-state index >= 15 is 0 Å². The Kier molecular flexibility index (Phi) is 8.94. The van der Waals surface area contributed by atoms with Gasteiger partial charge in [0.15, 0.2) is 0 Å². The number of benzene rings is 2. The molecule has 0 saturated carbocycles. The largest absolute Gasteiger partial charge is 0.352 e. The van der Waals surface area contributed by atoms with Crippen LogP contribution in [0.3, 0.4) is 0 Å². The molecule has 2 N–H and O–H groups in total. The van der Waals surface area contributed by atoms with Gasteiger partial charge in [0.1, 0.15) is 0 Å². The van der Waals surface area contributed by atoms with Crippen molar-refractivity contribution in [2.24, 2.45) is 5.92 Å². The van der Waals surface area contributed by atoms with Gasteiger partial charge in [0.25, 0.3) is 5.91 Å². The molecule has 202 valence electrons. The number of aromatic nitrogens is 2. The first-order valence-corrected chi connectivity index (χ1v) is 13.6. The number of unbranched alkanes of at least 4 members (excludes halogenated alkanes) is 1. The van der Waals surface area contributed by atoms with Crippen molar-refractivity contribution in [3.63, 3.8) is 0 Å². The molecule has 2 aromatic carbocycles. The molecule has 1 unspecified atom stereocenters. The van der Waals surface area contributed by atoms with Crippen molar-refractivity contribution in [1.82, 2.24) is 20.4 Å². The van der Waals surface area contributed by atoms with Crippen molar-refractivity contribution in [3.05, 3.63) is 65.5 Å². The van der Waals surface area contributed by atoms with Crippen LogP contribution in [0.4, 0.5) is 5.69 Å². The smallest absolute Gasteiger partial charge is 0.253 e. The van der Waals surface area contributed by atoms with E-state index < -0.39 is 0 Å². The van der Waals surface area contributed by atoms with E-state index in [2.05, 4.69) is 65.5 Å². The Morgan fingerprint density at radius 3 is 2.61 bits per heavy atom. The lowest BCUT2D eigenvalue weighted by Crippen LogP contribution is -2.40. The topological polar surface area (TPSA) is 100 Å². The van der Waals surface area contributed by atoms with Crippen LogP contribution in [0.2, 0.25) is 0 Å². The molecule has 1 aliphatic rings. The van der Waals surface area contributed by atoms with Crippen LogP contribution in [-0.2, 0) is 16.8 Å². The summed E-state index contributed by atoms with van der Waals surface area (Å²) in [4.78, 5) is 32.6. The number of nitrogens with one attached hydrogen (secondary N) is 2. The normalized spacial score (nSPS) is 16.3. The fourth-order valence-corrected chi connectivity index (χ4v) is 4.66. The second-order valence-electron chi connectivity index (χ2n) is 11.1. The van der Waals surface area contributed by atoms with E-state index in [1.807, 2.05) is 24.3 Å². The minimum Gasteiger partial charge on any atom is -0.352 e. The Morgan fingerprint density at radius 1 is 1.11 bits per heavy atom. The van der Waals surface area contributed by atoms with E-state index in [1.54, 1.807) is 12.1 Å². The second kappa shape index (κ2) is 12.3. The molecule has 1 saturated heterocycles. The van der Waals surface area contributed by atoms with Gasteiger partial charge in [0.05, 0.1) is 23.7 Å². The van der Waals surface area contributed by atoms with E-state index in [4.69, 9.17) is 4.52 Å². The van der Waals surface area contributed by atoms with Crippen LogP contribution in [0, 0.1) is 5.92 Å². The molecule has 2 heterocycles. The molecule has 8 heteroatoms. The van der Waals surface area contributed by atoms with Gasteiger partial charge in [0.2, 0.25) is 17.6 Å². The van der Waals surface area contributed by atoms with Crippen LogP contribution in [0.25, 0.3) is 11.4 Å². The standard InChI is InChI=1S/C30H39N5O3/c1-5-6-17-31-29(37)24-11-7-8-12-25(24)32-28(36)22-10-9-18-35(19-22)20-26-33-27(34-38-26)21-13-15-23(16-14-21)30(2,3)4/h7-8,11-16,22H,5-6,9-10,17-20H2,1-4H3,(H,31,37)(H,32,36). The van der Waals surface area contributed by atoms with Crippen molar-refractivity contribution in [2.75, 3.05) is 25.0 Å². The van der Waals surface area contributed by atoms with Gasteiger partial charge in [0, 0.05) is 18.7 Å². The quantitative estimate of drug-likeness (QED) is 0.368. The van der Waals surface area contributed by atoms with Crippen molar-refractivity contribution in [2.45, 2.75) is 65.3 Å². The predicted molar refractivity (Wildman–Crippen MR) is 149 cm³/mol. The lowest BCUT2D eigenvalue weighted by Gasteiger charge is -2.31. The Hall–Kier alpha value is -3.52. The zero-order valence-electron chi connectivity index (χ0n) is 22.9. The second-order valence-corrected chi connectivity index (χ2v) is 11.1. The number of piperidine rings is 1. The summed E-state index contributed by atoms with van der Waals surface area (Å²) in [5.74, 6) is 0.677. The first-order chi connectivity index (χ1) is 18.2. The molecule has 0 bridgehead atoms. The van der Waals surface area contributed by atoms with E-state index in [9.17, 15) is 9.59 Å². The van der Waals surface area contributed by atoms with Gasteiger partial charge in [-0.2, -0.15) is 4.98 Å². The van der Waals surface area contributed by atoms with Gasteiger partial charge in [-0.15, -0.1) is 0 Å². The minimum absolute atomic E-state index is 0.0753. The molecule has 1 fully saturated rings. The summed E-state index contributed by atoms with van der Waals surface area (Å²) in [6.07, 6.45) is 3.62. The van der Waals surface area contributed by atoms with Gasteiger partial charge >= 0.3 is 0 Å². The number of amides is 2. The zero-order valence-corrected chi connectivity index (χ0v) is 22.9. The van der Waals surface area contributed by atoms with Crippen LogP contribution >= 0.6 is 0 Å². The highest BCUT2D eigenvalue weighted by Crippen LogP contribution is 2.26. The summed E-state index contributed by atoms with van der Waals surface area (Å²) in [6.45, 7) is 11.2. The third-order valence-electron chi connectivity index (χ3n) is 6.96. The predicted octanol–water partition coefficient (Wildman–Crippen LogP) is 5.41. The van der Waals surface area contributed by atoms with Crippen LogP contribution in [0.15, 0.2) is 53.1 Å². The third-order valence-corrected chi connectivity index (χ3v) is 6.96. The summed E-state index contributed by atoms with van der Waals surface area (Å²) < 4.78 is 5.55. The summed E-state index contributed by atoms with van der Waals surface area (Å²) in [5, 5.41) is 10.1. The van der Waals surface area contributed by atoms with Crippen molar-refractivity contribution < 1.29 is 14.1 Å². The zero-order chi connectivity index (χ0) is 27.1. The minimum atomic E-state index is -0.188.